The second kappa shape index (κ2) is 7.26. The first-order chi connectivity index (χ1) is 12.8. The van der Waals surface area contributed by atoms with E-state index < -0.39 is 0 Å². The number of piperidine rings is 1. The molecule has 26 heavy (non-hydrogen) atoms. The Hall–Kier alpha value is -2.72. The molecule has 0 unspecified atom stereocenters. The van der Waals surface area contributed by atoms with Crippen LogP contribution < -0.4 is 5.73 Å². The Morgan fingerprint density at radius 3 is 2.69 bits per heavy atom. The number of benzene rings is 2. The van der Waals surface area contributed by atoms with Crippen LogP contribution >= 0.6 is 0 Å². The van der Waals surface area contributed by atoms with Crippen LogP contribution in [0.25, 0.3) is 22.0 Å². The summed E-state index contributed by atoms with van der Waals surface area (Å²) in [4.78, 5) is 19.4. The number of rotatable bonds is 3. The number of likely N-dealkylation sites (tertiary alicyclic amines) is 1. The van der Waals surface area contributed by atoms with Crippen molar-refractivity contribution in [2.75, 3.05) is 13.1 Å². The number of hydrogen-bond acceptors (Lipinski definition) is 3. The summed E-state index contributed by atoms with van der Waals surface area (Å²) in [5.41, 5.74) is 8.54. The van der Waals surface area contributed by atoms with Gasteiger partial charge in [-0.3, -0.25) is 9.78 Å². The monoisotopic (exact) mass is 345 g/mol. The van der Waals surface area contributed by atoms with Gasteiger partial charge in [0.1, 0.15) is 0 Å². The molecule has 132 valence electrons. The van der Waals surface area contributed by atoms with Crippen LogP contribution in [0.5, 0.6) is 0 Å². The second-order valence-corrected chi connectivity index (χ2v) is 6.84. The summed E-state index contributed by atoms with van der Waals surface area (Å²) in [6.07, 6.45) is 5.04. The minimum atomic E-state index is 0.0811. The molecule has 1 aliphatic rings. The largest absolute Gasteiger partial charge is 0.334 e. The van der Waals surface area contributed by atoms with Crippen molar-refractivity contribution in [3.8, 4) is 11.3 Å². The molecule has 0 radical (unpaired) electrons. The van der Waals surface area contributed by atoms with Gasteiger partial charge in [-0.25, -0.2) is 0 Å². The lowest BCUT2D eigenvalue weighted by Crippen LogP contribution is -2.47. The molecule has 0 aliphatic carbocycles. The summed E-state index contributed by atoms with van der Waals surface area (Å²) in [7, 11) is 0. The molecule has 1 fully saturated rings. The van der Waals surface area contributed by atoms with Gasteiger partial charge >= 0.3 is 0 Å². The fourth-order valence-corrected chi connectivity index (χ4v) is 3.80. The molecule has 2 aromatic carbocycles. The fourth-order valence-electron chi connectivity index (χ4n) is 3.80. The quantitative estimate of drug-likeness (QED) is 0.784. The van der Waals surface area contributed by atoms with Crippen LogP contribution in [0, 0.1) is 0 Å². The van der Waals surface area contributed by atoms with Gasteiger partial charge in [-0.2, -0.15) is 0 Å². The molecule has 0 bridgehead atoms. The lowest BCUT2D eigenvalue weighted by atomic mass is 9.99. The van der Waals surface area contributed by atoms with E-state index >= 15 is 0 Å². The molecule has 0 spiro atoms. The van der Waals surface area contributed by atoms with Crippen LogP contribution in [0.15, 0.2) is 60.8 Å². The molecular formula is C22H23N3O. The van der Waals surface area contributed by atoms with E-state index in [0.717, 1.165) is 47.8 Å². The zero-order valence-electron chi connectivity index (χ0n) is 14.8. The molecule has 0 saturated carbocycles. The number of carbonyl (C=O) groups is 1. The third kappa shape index (κ3) is 3.08. The molecule has 4 heteroatoms. The van der Waals surface area contributed by atoms with Crippen molar-refractivity contribution in [3.63, 3.8) is 0 Å². The van der Waals surface area contributed by atoms with Crippen LogP contribution in [-0.2, 0) is 0 Å². The van der Waals surface area contributed by atoms with Crippen LogP contribution in [0.3, 0.4) is 0 Å². The van der Waals surface area contributed by atoms with Gasteiger partial charge < -0.3 is 10.6 Å². The third-order valence-electron chi connectivity index (χ3n) is 5.24. The van der Waals surface area contributed by atoms with Crippen molar-refractivity contribution in [2.24, 2.45) is 5.73 Å². The Morgan fingerprint density at radius 2 is 1.88 bits per heavy atom. The van der Waals surface area contributed by atoms with Crippen molar-refractivity contribution in [1.82, 2.24) is 9.88 Å². The minimum Gasteiger partial charge on any atom is -0.334 e. The molecular weight excluding hydrogens is 322 g/mol. The molecule has 1 amide bonds. The van der Waals surface area contributed by atoms with E-state index in [-0.39, 0.29) is 11.9 Å². The SMILES string of the molecule is NC[C@@H]1CCCCN1C(=O)c1ccc(-c2nccc3ccccc23)cc1. The van der Waals surface area contributed by atoms with E-state index in [2.05, 4.69) is 17.1 Å². The molecule has 1 aromatic heterocycles. The maximum atomic E-state index is 12.9. The highest BCUT2D eigenvalue weighted by atomic mass is 16.2. The van der Waals surface area contributed by atoms with Gasteiger partial charge in [-0.1, -0.05) is 36.4 Å². The van der Waals surface area contributed by atoms with Crippen LogP contribution in [0.2, 0.25) is 0 Å². The van der Waals surface area contributed by atoms with Gasteiger partial charge in [0.25, 0.3) is 5.91 Å². The second-order valence-electron chi connectivity index (χ2n) is 6.84. The highest BCUT2D eigenvalue weighted by molar-refractivity contribution is 5.97. The van der Waals surface area contributed by atoms with E-state index in [1.807, 2.05) is 53.6 Å². The number of amides is 1. The van der Waals surface area contributed by atoms with E-state index in [1.54, 1.807) is 0 Å². The molecule has 3 aromatic rings. The van der Waals surface area contributed by atoms with Gasteiger partial charge in [-0.15, -0.1) is 0 Å². The van der Waals surface area contributed by atoms with E-state index in [4.69, 9.17) is 5.73 Å². The minimum absolute atomic E-state index is 0.0811. The predicted molar refractivity (Wildman–Crippen MR) is 105 cm³/mol. The molecule has 1 saturated heterocycles. The maximum Gasteiger partial charge on any atom is 0.254 e. The Labute approximate surface area is 153 Å². The number of carbonyl (C=O) groups excluding carboxylic acids is 1. The van der Waals surface area contributed by atoms with E-state index in [9.17, 15) is 4.79 Å². The van der Waals surface area contributed by atoms with Gasteiger partial charge in [0.05, 0.1) is 5.69 Å². The van der Waals surface area contributed by atoms with Crippen molar-refractivity contribution in [2.45, 2.75) is 25.3 Å². The van der Waals surface area contributed by atoms with Crippen molar-refractivity contribution >= 4 is 16.7 Å². The van der Waals surface area contributed by atoms with Crippen molar-refractivity contribution in [3.05, 3.63) is 66.4 Å². The molecule has 4 nitrogen and oxygen atoms in total. The zero-order chi connectivity index (χ0) is 17.9. The summed E-state index contributed by atoms with van der Waals surface area (Å²) in [6.45, 7) is 1.33. The average molecular weight is 345 g/mol. The Bertz CT molecular complexity index is 915. The summed E-state index contributed by atoms with van der Waals surface area (Å²) < 4.78 is 0. The summed E-state index contributed by atoms with van der Waals surface area (Å²) in [5.74, 6) is 0.0811. The number of nitrogens with zero attached hydrogens (tertiary/aromatic N) is 2. The molecule has 4 rings (SSSR count). The van der Waals surface area contributed by atoms with E-state index in [0.29, 0.717) is 12.1 Å². The number of pyridine rings is 1. The first kappa shape index (κ1) is 16.7. The standard InChI is InChI=1S/C22H23N3O/c23-15-19-6-3-4-14-25(19)22(26)18-10-8-17(9-11-18)21-20-7-2-1-5-16(20)12-13-24-21/h1-2,5,7-13,19H,3-4,6,14-15,23H2/t19-/m0/s1. The molecule has 2 heterocycles. The number of nitrogens with two attached hydrogens (primary N) is 1. The average Bonchev–Trinajstić information content (AvgIpc) is 2.73. The van der Waals surface area contributed by atoms with Crippen molar-refractivity contribution < 1.29 is 4.79 Å². The lowest BCUT2D eigenvalue weighted by molar-refractivity contribution is 0.0623. The number of hydrogen-bond donors (Lipinski definition) is 1. The zero-order valence-corrected chi connectivity index (χ0v) is 14.8. The topological polar surface area (TPSA) is 59.2 Å². The van der Waals surface area contributed by atoms with Gasteiger partial charge in [0.15, 0.2) is 0 Å². The third-order valence-corrected chi connectivity index (χ3v) is 5.24. The van der Waals surface area contributed by atoms with Gasteiger partial charge in [0.2, 0.25) is 0 Å². The summed E-state index contributed by atoms with van der Waals surface area (Å²) in [5, 5.41) is 2.28. The van der Waals surface area contributed by atoms with Gasteiger partial charge in [0, 0.05) is 41.8 Å². The Kier molecular flexibility index (Phi) is 4.67. The predicted octanol–water partition coefficient (Wildman–Crippen LogP) is 3.86. The summed E-state index contributed by atoms with van der Waals surface area (Å²) in [6, 6.07) is 18.2. The Morgan fingerprint density at radius 1 is 1.08 bits per heavy atom. The smallest absolute Gasteiger partial charge is 0.254 e. The summed E-state index contributed by atoms with van der Waals surface area (Å²) >= 11 is 0. The van der Waals surface area contributed by atoms with E-state index in [1.165, 1.54) is 0 Å². The first-order valence-electron chi connectivity index (χ1n) is 9.23. The molecule has 2 N–H and O–H groups in total. The normalized spacial score (nSPS) is 17.4. The number of aromatic nitrogens is 1. The molecule has 1 aliphatic heterocycles. The highest BCUT2D eigenvalue weighted by Crippen LogP contribution is 2.27. The van der Waals surface area contributed by atoms with Crippen LogP contribution in [0.4, 0.5) is 0 Å². The maximum absolute atomic E-state index is 12.9. The van der Waals surface area contributed by atoms with Gasteiger partial charge in [-0.05, 0) is 42.8 Å². The fraction of sp³-hybridized carbons (Fsp3) is 0.273. The lowest BCUT2D eigenvalue weighted by Gasteiger charge is -2.35. The Balaban J connectivity index is 1.63. The van der Waals surface area contributed by atoms with Crippen LogP contribution in [0.1, 0.15) is 29.6 Å². The van der Waals surface area contributed by atoms with Crippen LogP contribution in [-0.4, -0.2) is 34.9 Å². The first-order valence-corrected chi connectivity index (χ1v) is 9.23. The van der Waals surface area contributed by atoms with Crippen molar-refractivity contribution in [1.29, 1.82) is 0 Å². The highest BCUT2D eigenvalue weighted by Gasteiger charge is 2.26. The molecule has 1 atom stereocenters. The number of fused-ring (bicyclic) bond motifs is 1.